The lowest BCUT2D eigenvalue weighted by atomic mass is 9.97. The molecule has 0 aromatic heterocycles. The van der Waals surface area contributed by atoms with E-state index < -0.39 is 11.5 Å². The fourth-order valence-corrected chi connectivity index (χ4v) is 0.497. The van der Waals surface area contributed by atoms with Gasteiger partial charge in [-0.3, -0.25) is 0 Å². The Morgan fingerprint density at radius 3 is 2.18 bits per heavy atom. The smallest absolute Gasteiger partial charge is 0.328 e. The van der Waals surface area contributed by atoms with Gasteiger partial charge in [0, 0.05) is 0 Å². The van der Waals surface area contributed by atoms with Gasteiger partial charge in [-0.15, -0.1) is 25.6 Å². The van der Waals surface area contributed by atoms with Crippen molar-refractivity contribution in [3.63, 3.8) is 0 Å². The van der Waals surface area contributed by atoms with E-state index in [4.69, 9.17) is 10.8 Å². The van der Waals surface area contributed by atoms with E-state index in [1.807, 2.05) is 0 Å². The predicted octanol–water partition coefficient (Wildman–Crippen LogP) is 0.952. The number of carboxylic acid groups (broad SMARTS) is 1. The van der Waals surface area contributed by atoms with Gasteiger partial charge in [-0.25, -0.2) is 4.79 Å². The van der Waals surface area contributed by atoms with Crippen LogP contribution in [0.15, 0.2) is 25.3 Å². The summed E-state index contributed by atoms with van der Waals surface area (Å²) in [7, 11) is 0. The Kier molecular flexibility index (Phi) is 5.76. The minimum Gasteiger partial charge on any atom is -0.480 e. The van der Waals surface area contributed by atoms with Gasteiger partial charge in [0.05, 0.1) is 0 Å². The number of halogens is 1. The highest BCUT2D eigenvalue weighted by atomic mass is 35.5. The van der Waals surface area contributed by atoms with E-state index in [0.29, 0.717) is 0 Å². The molecule has 0 saturated heterocycles. The van der Waals surface area contributed by atoms with Gasteiger partial charge in [0.1, 0.15) is 5.54 Å². The molecule has 0 amide bonds. The van der Waals surface area contributed by atoms with Crippen LogP contribution in [-0.4, -0.2) is 16.6 Å². The molecular weight excluding hydrogens is 166 g/mol. The number of hydrogen-bond acceptors (Lipinski definition) is 2. The van der Waals surface area contributed by atoms with Gasteiger partial charge in [0.2, 0.25) is 0 Å². The van der Waals surface area contributed by atoms with Crippen molar-refractivity contribution in [3.8, 4) is 0 Å². The van der Waals surface area contributed by atoms with Gasteiger partial charge >= 0.3 is 5.97 Å². The number of aliphatic carboxylic acids is 1. The molecule has 0 aromatic carbocycles. The number of nitrogens with two attached hydrogens (primary N) is 1. The van der Waals surface area contributed by atoms with E-state index in [1.165, 1.54) is 12.2 Å². The van der Waals surface area contributed by atoms with Crippen molar-refractivity contribution in [2.24, 2.45) is 5.73 Å². The highest BCUT2D eigenvalue weighted by Gasteiger charge is 2.27. The molecule has 0 aliphatic carbocycles. The Bertz CT molecular complexity index is 170. The first-order chi connectivity index (χ1) is 4.56. The van der Waals surface area contributed by atoms with Crippen molar-refractivity contribution in [1.29, 1.82) is 0 Å². The Hall–Kier alpha value is -0.800. The van der Waals surface area contributed by atoms with Crippen molar-refractivity contribution in [2.45, 2.75) is 12.0 Å². The van der Waals surface area contributed by atoms with Crippen LogP contribution < -0.4 is 5.73 Å². The molecule has 1 atom stereocenters. The Morgan fingerprint density at radius 1 is 1.64 bits per heavy atom. The molecule has 11 heavy (non-hydrogen) atoms. The van der Waals surface area contributed by atoms with Crippen molar-refractivity contribution in [1.82, 2.24) is 0 Å². The summed E-state index contributed by atoms with van der Waals surface area (Å²) in [6.07, 6.45) is 2.86. The third-order valence-corrected chi connectivity index (χ3v) is 1.24. The van der Waals surface area contributed by atoms with E-state index in [0.717, 1.165) is 0 Å². The molecule has 0 fully saturated rings. The first-order valence-electron chi connectivity index (χ1n) is 2.83. The average Bonchev–Trinajstić information content (AvgIpc) is 1.88. The summed E-state index contributed by atoms with van der Waals surface area (Å²) < 4.78 is 0. The topological polar surface area (TPSA) is 63.3 Å². The zero-order valence-corrected chi connectivity index (χ0v) is 6.93. The van der Waals surface area contributed by atoms with E-state index >= 15 is 0 Å². The van der Waals surface area contributed by atoms with Crippen LogP contribution in [0.25, 0.3) is 0 Å². The summed E-state index contributed by atoms with van der Waals surface area (Å²) in [5.41, 5.74) is 4.02. The first-order valence-corrected chi connectivity index (χ1v) is 2.83. The van der Waals surface area contributed by atoms with Crippen LogP contribution >= 0.6 is 12.4 Å². The van der Waals surface area contributed by atoms with E-state index in [9.17, 15) is 4.79 Å². The first kappa shape index (κ1) is 12.8. The second-order valence-electron chi connectivity index (χ2n) is 2.04. The minimum atomic E-state index is -1.35. The number of carboxylic acids is 1. The molecule has 0 aromatic rings. The minimum absolute atomic E-state index is 0. The van der Waals surface area contributed by atoms with Crippen LogP contribution in [0.3, 0.4) is 0 Å². The normalized spacial score (nSPS) is 13.9. The standard InChI is InChI=1S/C7H11NO2.ClH/c1-3-5-7(8,4-2)6(9)10;/h3-4H,1-2,5,8H2,(H,9,10);1H. The van der Waals surface area contributed by atoms with Crippen LogP contribution in [0.5, 0.6) is 0 Å². The highest BCUT2D eigenvalue weighted by Crippen LogP contribution is 2.07. The maximum atomic E-state index is 10.4. The summed E-state index contributed by atoms with van der Waals surface area (Å²) in [4.78, 5) is 10.4. The quantitative estimate of drug-likeness (QED) is 0.629. The summed E-state index contributed by atoms with van der Waals surface area (Å²) in [6.45, 7) is 6.70. The molecular formula is C7H12ClNO2. The zero-order chi connectivity index (χ0) is 8.20. The third kappa shape index (κ3) is 3.20. The van der Waals surface area contributed by atoms with E-state index in [2.05, 4.69) is 13.2 Å². The molecule has 0 heterocycles. The van der Waals surface area contributed by atoms with Crippen LogP contribution in [0.2, 0.25) is 0 Å². The van der Waals surface area contributed by atoms with E-state index in [-0.39, 0.29) is 18.8 Å². The molecule has 3 nitrogen and oxygen atoms in total. The molecule has 4 heteroatoms. The molecule has 64 valence electrons. The summed E-state index contributed by atoms with van der Waals surface area (Å²) in [5, 5.41) is 8.52. The Morgan fingerprint density at radius 2 is 2.09 bits per heavy atom. The van der Waals surface area contributed by atoms with Crippen LogP contribution in [-0.2, 0) is 4.79 Å². The fraction of sp³-hybridized carbons (Fsp3) is 0.286. The van der Waals surface area contributed by atoms with Crippen molar-refractivity contribution < 1.29 is 9.90 Å². The molecule has 0 radical (unpaired) electrons. The lowest BCUT2D eigenvalue weighted by molar-refractivity contribution is -0.141. The zero-order valence-electron chi connectivity index (χ0n) is 6.12. The number of rotatable bonds is 4. The molecule has 0 rings (SSSR count). The van der Waals surface area contributed by atoms with Crippen LogP contribution in [0.1, 0.15) is 6.42 Å². The molecule has 0 spiro atoms. The third-order valence-electron chi connectivity index (χ3n) is 1.24. The fourth-order valence-electron chi connectivity index (χ4n) is 0.497. The molecule has 0 aliphatic heterocycles. The van der Waals surface area contributed by atoms with Gasteiger partial charge in [-0.1, -0.05) is 12.2 Å². The van der Waals surface area contributed by atoms with Gasteiger partial charge in [-0.05, 0) is 6.42 Å². The molecule has 1 unspecified atom stereocenters. The van der Waals surface area contributed by atoms with Gasteiger partial charge in [-0.2, -0.15) is 0 Å². The number of carbonyl (C=O) groups is 1. The second-order valence-corrected chi connectivity index (χ2v) is 2.04. The lowest BCUT2D eigenvalue weighted by Gasteiger charge is -2.17. The molecule has 0 bridgehead atoms. The highest BCUT2D eigenvalue weighted by molar-refractivity contribution is 5.85. The molecule has 3 N–H and O–H groups in total. The Balaban J connectivity index is 0. The average molecular weight is 178 g/mol. The SMILES string of the molecule is C=CCC(N)(C=C)C(=O)O.Cl. The van der Waals surface area contributed by atoms with Crippen molar-refractivity contribution >= 4 is 18.4 Å². The summed E-state index contributed by atoms with van der Waals surface area (Å²) in [6, 6.07) is 0. The largest absolute Gasteiger partial charge is 0.480 e. The lowest BCUT2D eigenvalue weighted by Crippen LogP contribution is -2.45. The maximum Gasteiger partial charge on any atom is 0.328 e. The maximum absolute atomic E-state index is 10.4. The van der Waals surface area contributed by atoms with Crippen molar-refractivity contribution in [3.05, 3.63) is 25.3 Å². The summed E-state index contributed by atoms with van der Waals surface area (Å²) >= 11 is 0. The van der Waals surface area contributed by atoms with Gasteiger partial charge in [0.25, 0.3) is 0 Å². The van der Waals surface area contributed by atoms with Crippen molar-refractivity contribution in [2.75, 3.05) is 0 Å². The second kappa shape index (κ2) is 4.93. The molecule has 0 saturated carbocycles. The Labute approximate surface area is 72.0 Å². The summed E-state index contributed by atoms with van der Waals surface area (Å²) in [5.74, 6) is -1.08. The van der Waals surface area contributed by atoms with Crippen LogP contribution in [0, 0.1) is 0 Å². The van der Waals surface area contributed by atoms with Gasteiger partial charge < -0.3 is 10.8 Å². The van der Waals surface area contributed by atoms with E-state index in [1.54, 1.807) is 0 Å². The van der Waals surface area contributed by atoms with Crippen LogP contribution in [0.4, 0.5) is 0 Å². The number of hydrogen-bond donors (Lipinski definition) is 2. The predicted molar refractivity (Wildman–Crippen MR) is 46.8 cm³/mol. The van der Waals surface area contributed by atoms with Gasteiger partial charge in [0.15, 0.2) is 0 Å². The monoisotopic (exact) mass is 177 g/mol. The molecule has 0 aliphatic rings.